The van der Waals surface area contributed by atoms with Gasteiger partial charge in [0.15, 0.2) is 0 Å². The lowest BCUT2D eigenvalue weighted by atomic mass is 9.90. The molecule has 0 bridgehead atoms. The van der Waals surface area contributed by atoms with E-state index in [4.69, 9.17) is 0 Å². The van der Waals surface area contributed by atoms with Crippen LogP contribution in [0.3, 0.4) is 0 Å². The van der Waals surface area contributed by atoms with E-state index in [2.05, 4.69) is 41.8 Å². The highest BCUT2D eigenvalue weighted by Gasteiger charge is 2.22. The van der Waals surface area contributed by atoms with Crippen molar-refractivity contribution in [2.45, 2.75) is 51.2 Å². The number of carbonyl (C=O) groups is 1. The molecule has 2 N–H and O–H groups in total. The highest BCUT2D eigenvalue weighted by atomic mass is 16.1. The van der Waals surface area contributed by atoms with Gasteiger partial charge in [-0.1, -0.05) is 12.1 Å². The Morgan fingerprint density at radius 1 is 1.19 bits per heavy atom. The maximum atomic E-state index is 11.0. The first-order valence-corrected chi connectivity index (χ1v) is 7.82. The molecule has 0 saturated heterocycles. The van der Waals surface area contributed by atoms with E-state index in [1.54, 1.807) is 0 Å². The second-order valence-electron chi connectivity index (χ2n) is 6.09. The van der Waals surface area contributed by atoms with Crippen molar-refractivity contribution in [1.82, 2.24) is 10.2 Å². The van der Waals surface area contributed by atoms with Crippen LogP contribution in [0.25, 0.3) is 0 Å². The molecular formula is C17H27N3O. The Kier molecular flexibility index (Phi) is 5.76. The van der Waals surface area contributed by atoms with Crippen molar-refractivity contribution in [3.05, 3.63) is 29.8 Å². The third-order valence-electron chi connectivity index (χ3n) is 4.43. The molecule has 1 aliphatic rings. The van der Waals surface area contributed by atoms with E-state index in [1.165, 1.54) is 38.2 Å². The lowest BCUT2D eigenvalue weighted by Crippen LogP contribution is -2.39. The summed E-state index contributed by atoms with van der Waals surface area (Å²) in [5.74, 6) is -0.0267. The van der Waals surface area contributed by atoms with Gasteiger partial charge in [0.25, 0.3) is 0 Å². The summed E-state index contributed by atoms with van der Waals surface area (Å²) in [4.78, 5) is 13.5. The van der Waals surface area contributed by atoms with Gasteiger partial charge in [-0.15, -0.1) is 0 Å². The molecule has 21 heavy (non-hydrogen) atoms. The highest BCUT2D eigenvalue weighted by Crippen LogP contribution is 2.23. The van der Waals surface area contributed by atoms with Crippen LogP contribution in [0.1, 0.15) is 38.2 Å². The van der Waals surface area contributed by atoms with Gasteiger partial charge in [-0.3, -0.25) is 9.69 Å². The fraction of sp³-hybridized carbons (Fsp3) is 0.588. The molecule has 1 aliphatic carbocycles. The molecule has 0 aliphatic heterocycles. The molecule has 0 heterocycles. The Morgan fingerprint density at radius 3 is 2.33 bits per heavy atom. The summed E-state index contributed by atoms with van der Waals surface area (Å²) in [6, 6.07) is 9.53. The maximum absolute atomic E-state index is 11.0. The van der Waals surface area contributed by atoms with Crippen LogP contribution in [0, 0.1) is 0 Å². The van der Waals surface area contributed by atoms with E-state index in [-0.39, 0.29) is 5.91 Å². The lowest BCUT2D eigenvalue weighted by molar-refractivity contribution is -0.114. The van der Waals surface area contributed by atoms with Crippen molar-refractivity contribution in [1.29, 1.82) is 0 Å². The van der Waals surface area contributed by atoms with E-state index < -0.39 is 0 Å². The topological polar surface area (TPSA) is 44.4 Å². The summed E-state index contributed by atoms with van der Waals surface area (Å²) in [7, 11) is 4.28. The number of hydrogen-bond acceptors (Lipinski definition) is 3. The molecule has 1 amide bonds. The summed E-state index contributed by atoms with van der Waals surface area (Å²) in [6.07, 6.45) is 5.08. The van der Waals surface area contributed by atoms with Crippen molar-refractivity contribution in [3.63, 3.8) is 0 Å². The third-order valence-corrected chi connectivity index (χ3v) is 4.43. The zero-order valence-corrected chi connectivity index (χ0v) is 13.4. The molecular weight excluding hydrogens is 262 g/mol. The first kappa shape index (κ1) is 16.0. The molecule has 1 saturated carbocycles. The van der Waals surface area contributed by atoms with E-state index in [9.17, 15) is 4.79 Å². The smallest absolute Gasteiger partial charge is 0.221 e. The molecule has 4 nitrogen and oxygen atoms in total. The number of nitrogens with zero attached hydrogens (tertiary/aromatic N) is 1. The zero-order chi connectivity index (χ0) is 15.2. The first-order chi connectivity index (χ1) is 10.1. The third kappa shape index (κ3) is 4.83. The number of hydrogen-bond donors (Lipinski definition) is 2. The van der Waals surface area contributed by atoms with Gasteiger partial charge in [0, 0.05) is 31.2 Å². The van der Waals surface area contributed by atoms with E-state index in [0.717, 1.165) is 12.2 Å². The van der Waals surface area contributed by atoms with Gasteiger partial charge in [-0.2, -0.15) is 0 Å². The molecule has 0 radical (unpaired) electrons. The summed E-state index contributed by atoms with van der Waals surface area (Å²) in [6.45, 7) is 2.50. The van der Waals surface area contributed by atoms with Crippen molar-refractivity contribution < 1.29 is 4.79 Å². The van der Waals surface area contributed by atoms with Crippen LogP contribution in [-0.2, 0) is 11.3 Å². The van der Waals surface area contributed by atoms with Gasteiger partial charge in [0.1, 0.15) is 0 Å². The second-order valence-corrected chi connectivity index (χ2v) is 6.09. The quantitative estimate of drug-likeness (QED) is 0.876. The monoisotopic (exact) mass is 289 g/mol. The number of carbonyl (C=O) groups excluding carboxylic acids is 1. The molecule has 0 aromatic heterocycles. The van der Waals surface area contributed by atoms with Crippen molar-refractivity contribution >= 4 is 11.6 Å². The lowest BCUT2D eigenvalue weighted by Gasteiger charge is -2.34. The van der Waals surface area contributed by atoms with Gasteiger partial charge in [-0.05, 0) is 57.5 Å². The van der Waals surface area contributed by atoms with Gasteiger partial charge in [0.2, 0.25) is 5.91 Å². The summed E-state index contributed by atoms with van der Waals surface area (Å²) < 4.78 is 0. The highest BCUT2D eigenvalue weighted by molar-refractivity contribution is 5.88. The zero-order valence-electron chi connectivity index (χ0n) is 13.4. The molecule has 1 fully saturated rings. The minimum Gasteiger partial charge on any atom is -0.326 e. The Balaban J connectivity index is 1.85. The van der Waals surface area contributed by atoms with Crippen LogP contribution < -0.4 is 10.6 Å². The second kappa shape index (κ2) is 7.57. The van der Waals surface area contributed by atoms with E-state index >= 15 is 0 Å². The van der Waals surface area contributed by atoms with Gasteiger partial charge >= 0.3 is 0 Å². The van der Waals surface area contributed by atoms with Crippen molar-refractivity contribution in [2.24, 2.45) is 0 Å². The van der Waals surface area contributed by atoms with Gasteiger partial charge < -0.3 is 10.6 Å². The standard InChI is InChI=1S/C17H27N3O/c1-13(21)19-16-6-4-14(5-7-16)12-20(3)17-10-8-15(18-2)9-11-17/h4-7,15,17-18H,8-12H2,1-3H3,(H,19,21). The minimum atomic E-state index is -0.0267. The maximum Gasteiger partial charge on any atom is 0.221 e. The Bertz CT molecular complexity index is 450. The molecule has 0 atom stereocenters. The number of amides is 1. The molecule has 1 aromatic carbocycles. The Hall–Kier alpha value is -1.39. The summed E-state index contributed by atoms with van der Waals surface area (Å²) in [5, 5.41) is 6.18. The molecule has 116 valence electrons. The van der Waals surface area contributed by atoms with E-state index in [1.807, 2.05) is 12.1 Å². The van der Waals surface area contributed by atoms with Gasteiger partial charge in [0.05, 0.1) is 0 Å². The number of anilines is 1. The predicted molar refractivity (Wildman–Crippen MR) is 87.3 cm³/mol. The van der Waals surface area contributed by atoms with Crippen LogP contribution >= 0.6 is 0 Å². The van der Waals surface area contributed by atoms with Crippen LogP contribution in [0.4, 0.5) is 5.69 Å². The minimum absolute atomic E-state index is 0.0267. The number of benzene rings is 1. The van der Waals surface area contributed by atoms with E-state index in [0.29, 0.717) is 12.1 Å². The fourth-order valence-corrected chi connectivity index (χ4v) is 3.12. The Labute approximate surface area is 127 Å². The fourth-order valence-electron chi connectivity index (χ4n) is 3.12. The molecule has 0 spiro atoms. The number of nitrogens with one attached hydrogen (secondary N) is 2. The first-order valence-electron chi connectivity index (χ1n) is 7.82. The summed E-state index contributed by atoms with van der Waals surface area (Å²) >= 11 is 0. The van der Waals surface area contributed by atoms with Crippen LogP contribution in [-0.4, -0.2) is 37.0 Å². The number of rotatable bonds is 5. The molecule has 1 aromatic rings. The van der Waals surface area contributed by atoms with Crippen LogP contribution in [0.2, 0.25) is 0 Å². The normalized spacial score (nSPS) is 22.3. The van der Waals surface area contributed by atoms with Crippen LogP contribution in [0.15, 0.2) is 24.3 Å². The average molecular weight is 289 g/mol. The average Bonchev–Trinajstić information content (AvgIpc) is 2.49. The van der Waals surface area contributed by atoms with Gasteiger partial charge in [-0.25, -0.2) is 0 Å². The predicted octanol–water partition coefficient (Wildman–Crippen LogP) is 2.61. The van der Waals surface area contributed by atoms with Crippen LogP contribution in [0.5, 0.6) is 0 Å². The Morgan fingerprint density at radius 2 is 1.81 bits per heavy atom. The molecule has 2 rings (SSSR count). The largest absolute Gasteiger partial charge is 0.326 e. The molecule has 0 unspecified atom stereocenters. The summed E-state index contributed by atoms with van der Waals surface area (Å²) in [5.41, 5.74) is 2.16. The van der Waals surface area contributed by atoms with Crippen molar-refractivity contribution in [2.75, 3.05) is 19.4 Å². The van der Waals surface area contributed by atoms with Crippen molar-refractivity contribution in [3.8, 4) is 0 Å². The molecule has 4 heteroatoms. The SMILES string of the molecule is CNC1CCC(N(C)Cc2ccc(NC(C)=O)cc2)CC1.